The van der Waals surface area contributed by atoms with Crippen LogP contribution in [0.15, 0.2) is 36.7 Å². The molecule has 2 aliphatic rings. The number of aryl methyl sites for hydroxylation is 1. The van der Waals surface area contributed by atoms with Gasteiger partial charge in [-0.05, 0) is 50.0 Å². The average Bonchev–Trinajstić information content (AvgIpc) is 3.33. The van der Waals surface area contributed by atoms with Gasteiger partial charge in [-0.2, -0.15) is 0 Å². The molecule has 0 aliphatic heterocycles. The number of hydrogen-bond acceptors (Lipinski definition) is 3. The van der Waals surface area contributed by atoms with E-state index in [1.165, 1.54) is 24.8 Å². The fourth-order valence-electron chi connectivity index (χ4n) is 4.98. The molecule has 2 aliphatic carbocycles. The molecule has 0 spiro atoms. The van der Waals surface area contributed by atoms with Gasteiger partial charge in [-0.1, -0.05) is 36.8 Å². The van der Waals surface area contributed by atoms with Gasteiger partial charge in [-0.15, -0.1) is 10.2 Å². The fourth-order valence-corrected chi connectivity index (χ4v) is 4.98. The summed E-state index contributed by atoms with van der Waals surface area (Å²) in [4.78, 5) is 13.2. The quantitative estimate of drug-likeness (QED) is 0.881. The Kier molecular flexibility index (Phi) is 4.32. The molecule has 25 heavy (non-hydrogen) atoms. The summed E-state index contributed by atoms with van der Waals surface area (Å²) in [6.07, 6.45) is 7.37. The second-order valence-corrected chi connectivity index (χ2v) is 7.73. The molecule has 1 heterocycles. The number of hydrogen-bond donors (Lipinski definition) is 1. The van der Waals surface area contributed by atoms with Crippen LogP contribution in [-0.2, 0) is 17.8 Å². The maximum absolute atomic E-state index is 13.2. The Bertz CT molecular complexity index is 741. The molecule has 0 unspecified atom stereocenters. The van der Waals surface area contributed by atoms with Crippen LogP contribution in [0.5, 0.6) is 0 Å². The van der Waals surface area contributed by atoms with Crippen molar-refractivity contribution in [1.29, 1.82) is 0 Å². The van der Waals surface area contributed by atoms with Crippen molar-refractivity contribution < 1.29 is 4.79 Å². The first kappa shape index (κ1) is 16.3. The smallest absolute Gasteiger partial charge is 0.226 e. The largest absolute Gasteiger partial charge is 0.354 e. The zero-order chi connectivity index (χ0) is 17.3. The molecule has 2 saturated carbocycles. The maximum Gasteiger partial charge on any atom is 0.226 e. The minimum Gasteiger partial charge on any atom is -0.354 e. The second-order valence-electron chi connectivity index (χ2n) is 7.73. The van der Waals surface area contributed by atoms with Crippen molar-refractivity contribution in [1.82, 2.24) is 20.1 Å². The molecule has 2 bridgehead atoms. The van der Waals surface area contributed by atoms with Gasteiger partial charge in [-0.3, -0.25) is 4.79 Å². The summed E-state index contributed by atoms with van der Waals surface area (Å²) in [5.74, 6) is 2.40. The standard InChI is InChI=1S/C20H26N4O/c1-15-23-22-14-24(15)10-9-21-19(25)20(12-16-5-3-2-4-6-16)13-17-7-8-18(20)11-17/h2-6,14,17-18H,7-13H2,1H3,(H,21,25)/t17-,18-,20-/m0/s1. The van der Waals surface area contributed by atoms with Gasteiger partial charge in [0.2, 0.25) is 5.91 Å². The van der Waals surface area contributed by atoms with E-state index in [0.717, 1.165) is 31.1 Å². The van der Waals surface area contributed by atoms with Gasteiger partial charge < -0.3 is 9.88 Å². The fraction of sp³-hybridized carbons (Fsp3) is 0.550. The first-order valence-electron chi connectivity index (χ1n) is 9.34. The molecule has 4 rings (SSSR count). The van der Waals surface area contributed by atoms with E-state index < -0.39 is 0 Å². The number of aromatic nitrogens is 3. The average molecular weight is 338 g/mol. The number of nitrogens with zero attached hydrogens (tertiary/aromatic N) is 3. The van der Waals surface area contributed by atoms with Crippen LogP contribution in [0.3, 0.4) is 0 Å². The molecule has 1 aromatic carbocycles. The first-order valence-corrected chi connectivity index (χ1v) is 9.34. The van der Waals surface area contributed by atoms with E-state index in [0.29, 0.717) is 12.5 Å². The molecule has 0 radical (unpaired) electrons. The number of nitrogens with one attached hydrogen (secondary N) is 1. The van der Waals surface area contributed by atoms with Crippen LogP contribution in [0.1, 0.15) is 37.1 Å². The van der Waals surface area contributed by atoms with E-state index >= 15 is 0 Å². The molecule has 5 nitrogen and oxygen atoms in total. The minimum absolute atomic E-state index is 0.216. The van der Waals surface area contributed by atoms with Gasteiger partial charge in [0.25, 0.3) is 0 Å². The molecular weight excluding hydrogens is 312 g/mol. The molecule has 5 heteroatoms. The molecule has 132 valence electrons. The topological polar surface area (TPSA) is 59.8 Å². The van der Waals surface area contributed by atoms with E-state index in [1.807, 2.05) is 17.6 Å². The van der Waals surface area contributed by atoms with Crippen molar-refractivity contribution in [2.75, 3.05) is 6.54 Å². The first-order chi connectivity index (χ1) is 12.2. The third-order valence-electron chi connectivity index (χ3n) is 6.24. The highest BCUT2D eigenvalue weighted by Crippen LogP contribution is 2.57. The van der Waals surface area contributed by atoms with E-state index in [-0.39, 0.29) is 11.3 Å². The van der Waals surface area contributed by atoms with Crippen LogP contribution in [0.4, 0.5) is 0 Å². The Labute approximate surface area is 148 Å². The van der Waals surface area contributed by atoms with Crippen LogP contribution in [-0.4, -0.2) is 27.2 Å². The van der Waals surface area contributed by atoms with Crippen LogP contribution in [0.2, 0.25) is 0 Å². The molecule has 1 N–H and O–H groups in total. The lowest BCUT2D eigenvalue weighted by Gasteiger charge is -2.36. The number of carbonyl (C=O) groups is 1. The zero-order valence-corrected chi connectivity index (χ0v) is 14.8. The lowest BCUT2D eigenvalue weighted by molar-refractivity contribution is -0.134. The Morgan fingerprint density at radius 3 is 2.80 bits per heavy atom. The number of rotatable bonds is 6. The van der Waals surface area contributed by atoms with Crippen molar-refractivity contribution in [3.05, 3.63) is 48.0 Å². The third kappa shape index (κ3) is 3.08. The maximum atomic E-state index is 13.2. The number of benzene rings is 1. The van der Waals surface area contributed by atoms with E-state index in [2.05, 4.69) is 39.8 Å². The molecule has 2 aromatic rings. The van der Waals surface area contributed by atoms with Gasteiger partial charge in [0.05, 0.1) is 5.41 Å². The van der Waals surface area contributed by atoms with Crippen molar-refractivity contribution in [3.8, 4) is 0 Å². The molecule has 1 aromatic heterocycles. The molecule has 1 amide bonds. The Balaban J connectivity index is 1.46. The number of amides is 1. The zero-order valence-electron chi connectivity index (χ0n) is 14.8. The summed E-state index contributed by atoms with van der Waals surface area (Å²) >= 11 is 0. The minimum atomic E-state index is -0.216. The summed E-state index contributed by atoms with van der Waals surface area (Å²) < 4.78 is 1.98. The molecule has 0 saturated heterocycles. The molecule has 3 atom stereocenters. The number of fused-ring (bicyclic) bond motifs is 2. The monoisotopic (exact) mass is 338 g/mol. The van der Waals surface area contributed by atoms with Gasteiger partial charge in [-0.25, -0.2) is 0 Å². The summed E-state index contributed by atoms with van der Waals surface area (Å²) in [6, 6.07) is 10.5. The molecular formula is C20H26N4O. The summed E-state index contributed by atoms with van der Waals surface area (Å²) in [6.45, 7) is 3.29. The van der Waals surface area contributed by atoms with E-state index in [9.17, 15) is 4.79 Å². The lowest BCUT2D eigenvalue weighted by atomic mass is 9.68. The van der Waals surface area contributed by atoms with Crippen LogP contribution in [0.25, 0.3) is 0 Å². The van der Waals surface area contributed by atoms with Gasteiger partial charge in [0.1, 0.15) is 12.2 Å². The lowest BCUT2D eigenvalue weighted by Crippen LogP contribution is -2.46. The second kappa shape index (κ2) is 6.62. The van der Waals surface area contributed by atoms with Crippen molar-refractivity contribution in [2.45, 2.75) is 45.6 Å². The highest BCUT2D eigenvalue weighted by Gasteiger charge is 2.55. The third-order valence-corrected chi connectivity index (χ3v) is 6.24. The van der Waals surface area contributed by atoms with E-state index in [4.69, 9.17) is 0 Å². The summed E-state index contributed by atoms with van der Waals surface area (Å²) in [7, 11) is 0. The Morgan fingerprint density at radius 2 is 2.16 bits per heavy atom. The molecule has 2 fully saturated rings. The van der Waals surface area contributed by atoms with Crippen LogP contribution < -0.4 is 5.32 Å². The summed E-state index contributed by atoms with van der Waals surface area (Å²) in [5.41, 5.74) is 1.06. The van der Waals surface area contributed by atoms with Gasteiger partial charge in [0, 0.05) is 13.1 Å². The highest BCUT2D eigenvalue weighted by atomic mass is 16.2. The summed E-state index contributed by atoms with van der Waals surface area (Å²) in [5, 5.41) is 11.1. The van der Waals surface area contributed by atoms with Gasteiger partial charge in [0.15, 0.2) is 0 Å². The van der Waals surface area contributed by atoms with Crippen molar-refractivity contribution >= 4 is 5.91 Å². The Morgan fingerprint density at radius 1 is 1.32 bits per heavy atom. The number of carbonyl (C=O) groups excluding carboxylic acids is 1. The van der Waals surface area contributed by atoms with Crippen LogP contribution >= 0.6 is 0 Å². The normalized spacial score (nSPS) is 27.6. The predicted octanol–water partition coefficient (Wildman–Crippen LogP) is 2.75. The Hall–Kier alpha value is -2.17. The van der Waals surface area contributed by atoms with Crippen molar-refractivity contribution in [2.24, 2.45) is 17.3 Å². The van der Waals surface area contributed by atoms with Crippen molar-refractivity contribution in [3.63, 3.8) is 0 Å². The SMILES string of the molecule is Cc1nncn1CCNC(=O)[C@@]1(Cc2ccccc2)C[C@H]2CC[C@H]1C2. The predicted molar refractivity (Wildman–Crippen MR) is 95.8 cm³/mol. The van der Waals surface area contributed by atoms with Gasteiger partial charge >= 0.3 is 0 Å². The highest BCUT2D eigenvalue weighted by molar-refractivity contribution is 5.84. The van der Waals surface area contributed by atoms with Crippen LogP contribution in [0, 0.1) is 24.2 Å². The van der Waals surface area contributed by atoms with E-state index in [1.54, 1.807) is 6.33 Å².